The Morgan fingerprint density at radius 1 is 1.15 bits per heavy atom. The molecule has 0 radical (unpaired) electrons. The second-order valence-electron chi connectivity index (χ2n) is 6.03. The molecule has 1 aliphatic carbocycles. The van der Waals surface area contributed by atoms with Crippen LogP contribution >= 0.6 is 0 Å². The molecule has 20 heavy (non-hydrogen) atoms. The Bertz CT molecular complexity index is 475. The van der Waals surface area contributed by atoms with Crippen LogP contribution in [0.2, 0.25) is 0 Å². The normalized spacial score (nSPS) is 23.5. The Balaban J connectivity index is 1.66. The lowest BCUT2D eigenvalue weighted by Gasteiger charge is -2.28. The molecule has 2 N–H and O–H groups in total. The van der Waals surface area contributed by atoms with Crippen LogP contribution in [0.15, 0.2) is 29.3 Å². The van der Waals surface area contributed by atoms with Crippen molar-refractivity contribution >= 4 is 5.96 Å². The maximum atomic E-state index is 6.16. The van der Waals surface area contributed by atoms with Gasteiger partial charge in [-0.05, 0) is 49.7 Å². The summed E-state index contributed by atoms with van der Waals surface area (Å²) in [6, 6.07) is 8.83. The van der Waals surface area contributed by atoms with Crippen molar-refractivity contribution in [2.75, 3.05) is 19.6 Å². The third-order valence-corrected chi connectivity index (χ3v) is 4.65. The van der Waals surface area contributed by atoms with Gasteiger partial charge in [-0.1, -0.05) is 24.3 Å². The third kappa shape index (κ3) is 2.97. The van der Waals surface area contributed by atoms with Crippen LogP contribution in [0.4, 0.5) is 0 Å². The number of piperidine rings is 1. The Morgan fingerprint density at radius 2 is 1.95 bits per heavy atom. The monoisotopic (exact) mass is 271 g/mol. The van der Waals surface area contributed by atoms with E-state index in [-0.39, 0.29) is 0 Å². The minimum Gasteiger partial charge on any atom is -0.370 e. The molecule has 0 amide bonds. The van der Waals surface area contributed by atoms with Gasteiger partial charge in [0.2, 0.25) is 0 Å². The third-order valence-electron chi connectivity index (χ3n) is 4.65. The zero-order valence-corrected chi connectivity index (χ0v) is 12.2. The lowest BCUT2D eigenvalue weighted by atomic mass is 9.83. The molecule has 1 heterocycles. The summed E-state index contributed by atoms with van der Waals surface area (Å²) in [7, 11) is 0. The summed E-state index contributed by atoms with van der Waals surface area (Å²) in [5.41, 5.74) is 9.17. The fourth-order valence-electron chi connectivity index (χ4n) is 3.47. The highest BCUT2D eigenvalue weighted by molar-refractivity contribution is 5.78. The van der Waals surface area contributed by atoms with Crippen LogP contribution in [0.3, 0.4) is 0 Å². The molecule has 1 aromatic carbocycles. The molecule has 0 saturated carbocycles. The quantitative estimate of drug-likeness (QED) is 0.664. The zero-order valence-electron chi connectivity index (χ0n) is 12.2. The Morgan fingerprint density at radius 3 is 2.80 bits per heavy atom. The number of rotatable bonds is 2. The first kappa shape index (κ1) is 13.5. The van der Waals surface area contributed by atoms with Gasteiger partial charge in [0.05, 0.1) is 0 Å². The van der Waals surface area contributed by atoms with Gasteiger partial charge in [0.25, 0.3) is 0 Å². The van der Waals surface area contributed by atoms with Crippen LogP contribution in [-0.2, 0) is 6.42 Å². The molecule has 0 bridgehead atoms. The van der Waals surface area contributed by atoms with Gasteiger partial charge in [0, 0.05) is 25.6 Å². The summed E-state index contributed by atoms with van der Waals surface area (Å²) in [5.74, 6) is 1.32. The first-order chi connectivity index (χ1) is 9.84. The fraction of sp³-hybridized carbons (Fsp3) is 0.588. The number of nitrogens with zero attached hydrogens (tertiary/aromatic N) is 2. The van der Waals surface area contributed by atoms with Gasteiger partial charge in [-0.2, -0.15) is 0 Å². The fourth-order valence-corrected chi connectivity index (χ4v) is 3.47. The number of aliphatic imine (C=N–C) groups is 1. The summed E-state index contributed by atoms with van der Waals surface area (Å²) in [5, 5.41) is 0. The summed E-state index contributed by atoms with van der Waals surface area (Å²) < 4.78 is 0. The van der Waals surface area contributed by atoms with Gasteiger partial charge < -0.3 is 10.6 Å². The number of aryl methyl sites for hydroxylation is 1. The van der Waals surface area contributed by atoms with Crippen molar-refractivity contribution in [2.24, 2.45) is 10.7 Å². The zero-order chi connectivity index (χ0) is 13.8. The number of likely N-dealkylation sites (tertiary alicyclic amines) is 1. The van der Waals surface area contributed by atoms with E-state index in [2.05, 4.69) is 29.2 Å². The molecule has 2 aliphatic rings. The van der Waals surface area contributed by atoms with Gasteiger partial charge in [-0.3, -0.25) is 4.99 Å². The van der Waals surface area contributed by atoms with Gasteiger partial charge in [0.15, 0.2) is 5.96 Å². The number of hydrogen-bond donors (Lipinski definition) is 1. The second kappa shape index (κ2) is 6.29. The van der Waals surface area contributed by atoms with Crippen LogP contribution < -0.4 is 5.73 Å². The van der Waals surface area contributed by atoms with Gasteiger partial charge in [-0.25, -0.2) is 0 Å². The van der Waals surface area contributed by atoms with Gasteiger partial charge in [-0.15, -0.1) is 0 Å². The predicted molar refractivity (Wildman–Crippen MR) is 84.0 cm³/mol. The largest absolute Gasteiger partial charge is 0.370 e. The van der Waals surface area contributed by atoms with Gasteiger partial charge in [0.1, 0.15) is 0 Å². The maximum absolute atomic E-state index is 6.16. The maximum Gasteiger partial charge on any atom is 0.191 e. The molecule has 108 valence electrons. The van der Waals surface area contributed by atoms with E-state index >= 15 is 0 Å². The molecular weight excluding hydrogens is 246 g/mol. The predicted octanol–water partition coefficient (Wildman–Crippen LogP) is 2.91. The topological polar surface area (TPSA) is 41.6 Å². The highest BCUT2D eigenvalue weighted by Crippen LogP contribution is 2.31. The van der Waals surface area contributed by atoms with E-state index in [1.54, 1.807) is 0 Å². The average molecular weight is 271 g/mol. The molecule has 1 saturated heterocycles. The summed E-state index contributed by atoms with van der Waals surface area (Å²) in [4.78, 5) is 6.94. The molecule has 3 heteroatoms. The summed E-state index contributed by atoms with van der Waals surface area (Å²) in [6.45, 7) is 3.01. The Labute approximate surface area is 121 Å². The molecule has 1 fully saturated rings. The van der Waals surface area contributed by atoms with Crippen LogP contribution in [0.25, 0.3) is 0 Å². The highest BCUT2D eigenvalue weighted by Gasteiger charge is 2.20. The molecule has 1 unspecified atom stereocenters. The van der Waals surface area contributed by atoms with E-state index in [0.717, 1.165) is 25.6 Å². The van der Waals surface area contributed by atoms with E-state index in [1.165, 1.54) is 49.7 Å². The molecule has 1 aliphatic heterocycles. The van der Waals surface area contributed by atoms with Crippen molar-refractivity contribution < 1.29 is 0 Å². The molecule has 0 aromatic heterocycles. The highest BCUT2D eigenvalue weighted by atomic mass is 15.2. The molecule has 1 aromatic rings. The van der Waals surface area contributed by atoms with E-state index in [0.29, 0.717) is 5.92 Å². The van der Waals surface area contributed by atoms with E-state index < -0.39 is 0 Å². The standard InChI is InChI=1S/C17H25N3/c18-17(20-11-4-1-5-12-20)19-13-15-9-6-8-14-7-2-3-10-16(14)15/h2-3,7,10,15H,1,4-6,8-9,11-13H2,(H2,18,19). The molecule has 0 spiro atoms. The van der Waals surface area contributed by atoms with E-state index in [4.69, 9.17) is 10.7 Å². The first-order valence-electron chi connectivity index (χ1n) is 7.97. The lowest BCUT2D eigenvalue weighted by molar-refractivity contribution is 0.337. The Hall–Kier alpha value is -1.51. The van der Waals surface area contributed by atoms with Crippen molar-refractivity contribution in [3.05, 3.63) is 35.4 Å². The minimum absolute atomic E-state index is 0.559. The average Bonchev–Trinajstić information content (AvgIpc) is 2.53. The number of benzene rings is 1. The van der Waals surface area contributed by atoms with Crippen LogP contribution in [0, 0.1) is 0 Å². The van der Waals surface area contributed by atoms with E-state index in [1.807, 2.05) is 0 Å². The smallest absolute Gasteiger partial charge is 0.191 e. The van der Waals surface area contributed by atoms with Crippen LogP contribution in [0.1, 0.15) is 49.1 Å². The minimum atomic E-state index is 0.559. The van der Waals surface area contributed by atoms with E-state index in [9.17, 15) is 0 Å². The summed E-state index contributed by atoms with van der Waals surface area (Å²) >= 11 is 0. The number of guanidine groups is 1. The van der Waals surface area contributed by atoms with Gasteiger partial charge >= 0.3 is 0 Å². The number of hydrogen-bond acceptors (Lipinski definition) is 1. The van der Waals surface area contributed by atoms with Crippen molar-refractivity contribution in [3.8, 4) is 0 Å². The number of nitrogens with two attached hydrogens (primary N) is 1. The first-order valence-corrected chi connectivity index (χ1v) is 7.97. The van der Waals surface area contributed by atoms with Crippen LogP contribution in [-0.4, -0.2) is 30.5 Å². The van der Waals surface area contributed by atoms with Crippen molar-refractivity contribution in [1.29, 1.82) is 0 Å². The Kier molecular flexibility index (Phi) is 4.24. The second-order valence-corrected chi connectivity index (χ2v) is 6.03. The van der Waals surface area contributed by atoms with Crippen molar-refractivity contribution in [3.63, 3.8) is 0 Å². The van der Waals surface area contributed by atoms with Crippen molar-refractivity contribution in [1.82, 2.24) is 4.90 Å². The summed E-state index contributed by atoms with van der Waals surface area (Å²) in [6.07, 6.45) is 7.58. The van der Waals surface area contributed by atoms with Crippen molar-refractivity contribution in [2.45, 2.75) is 44.4 Å². The SMILES string of the molecule is NC(=NCC1CCCc2ccccc21)N1CCCCC1. The molecular formula is C17H25N3. The lowest BCUT2D eigenvalue weighted by Crippen LogP contribution is -2.41. The molecule has 1 atom stereocenters. The van der Waals surface area contributed by atoms with Crippen LogP contribution in [0.5, 0.6) is 0 Å². The number of fused-ring (bicyclic) bond motifs is 1. The molecule has 3 rings (SSSR count). The molecule has 3 nitrogen and oxygen atoms in total.